The summed E-state index contributed by atoms with van der Waals surface area (Å²) in [6.45, 7) is 5.30. The van der Waals surface area contributed by atoms with Gasteiger partial charge < -0.3 is 15.4 Å². The van der Waals surface area contributed by atoms with E-state index in [0.717, 1.165) is 22.2 Å². The van der Waals surface area contributed by atoms with E-state index in [1.54, 1.807) is 0 Å². The molecule has 0 heterocycles. The molecule has 1 atom stereocenters. The Morgan fingerprint density at radius 2 is 2.29 bits per heavy atom. The summed E-state index contributed by atoms with van der Waals surface area (Å²) in [4.78, 5) is 11.8. The number of carbonyl (C=O) groups excluding carboxylic acids is 1. The largest absolute Gasteiger partial charge is 0.481 e. The average Bonchev–Trinajstić information content (AvgIpc) is 2.49. The zero-order valence-corrected chi connectivity index (χ0v) is 14.0. The zero-order chi connectivity index (χ0) is 15.7. The van der Waals surface area contributed by atoms with E-state index in [0.29, 0.717) is 13.1 Å². The van der Waals surface area contributed by atoms with Gasteiger partial charge >= 0.3 is 0 Å². The Labute approximate surface area is 134 Å². The van der Waals surface area contributed by atoms with Crippen molar-refractivity contribution in [3.05, 3.63) is 28.2 Å². The van der Waals surface area contributed by atoms with Gasteiger partial charge in [-0.15, -0.1) is 6.42 Å². The van der Waals surface area contributed by atoms with Crippen molar-refractivity contribution >= 4 is 21.8 Å². The second-order valence-electron chi connectivity index (χ2n) is 4.64. The number of amides is 1. The van der Waals surface area contributed by atoms with Crippen molar-refractivity contribution in [1.29, 1.82) is 0 Å². The molecule has 1 amide bonds. The van der Waals surface area contributed by atoms with Crippen molar-refractivity contribution in [1.82, 2.24) is 10.6 Å². The van der Waals surface area contributed by atoms with Gasteiger partial charge in [-0.05, 0) is 31.5 Å². The number of halogens is 1. The zero-order valence-electron chi connectivity index (χ0n) is 12.4. The number of hydrogen-bond acceptors (Lipinski definition) is 3. The molecule has 0 aromatic heterocycles. The van der Waals surface area contributed by atoms with Crippen molar-refractivity contribution in [2.45, 2.75) is 32.9 Å². The lowest BCUT2D eigenvalue weighted by molar-refractivity contribution is -0.122. The first kappa shape index (κ1) is 17.5. The summed E-state index contributed by atoms with van der Waals surface area (Å²) in [6, 6.07) is 5.44. The van der Waals surface area contributed by atoms with Crippen LogP contribution < -0.4 is 15.4 Å². The molecule has 0 fully saturated rings. The van der Waals surface area contributed by atoms with Gasteiger partial charge in [0.2, 0.25) is 5.91 Å². The van der Waals surface area contributed by atoms with Crippen molar-refractivity contribution in [2.75, 3.05) is 13.2 Å². The maximum Gasteiger partial charge on any atom is 0.236 e. The molecule has 1 rings (SSSR count). The summed E-state index contributed by atoms with van der Waals surface area (Å²) >= 11 is 3.43. The van der Waals surface area contributed by atoms with Crippen LogP contribution >= 0.6 is 15.9 Å². The van der Waals surface area contributed by atoms with Gasteiger partial charge in [0, 0.05) is 23.1 Å². The van der Waals surface area contributed by atoms with Crippen molar-refractivity contribution in [3.8, 4) is 18.1 Å². The monoisotopic (exact) mass is 352 g/mol. The molecule has 0 spiro atoms. The fraction of sp³-hybridized carbons (Fsp3) is 0.438. The second kappa shape index (κ2) is 9.43. The van der Waals surface area contributed by atoms with Crippen molar-refractivity contribution in [3.63, 3.8) is 0 Å². The second-order valence-corrected chi connectivity index (χ2v) is 5.55. The van der Waals surface area contributed by atoms with Gasteiger partial charge in [-0.25, -0.2) is 0 Å². The van der Waals surface area contributed by atoms with E-state index >= 15 is 0 Å². The molecule has 0 radical (unpaired) electrons. The van der Waals surface area contributed by atoms with Gasteiger partial charge in [0.15, 0.2) is 0 Å². The van der Waals surface area contributed by atoms with Gasteiger partial charge in [0.05, 0.1) is 6.04 Å². The molecule has 0 saturated heterocycles. The van der Waals surface area contributed by atoms with Crippen LogP contribution in [0.15, 0.2) is 22.7 Å². The highest BCUT2D eigenvalue weighted by Gasteiger charge is 2.12. The summed E-state index contributed by atoms with van der Waals surface area (Å²) < 4.78 is 6.46. The highest BCUT2D eigenvalue weighted by Crippen LogP contribution is 2.23. The number of terminal acetylenes is 1. The molecule has 0 aliphatic rings. The van der Waals surface area contributed by atoms with Crippen LogP contribution in [-0.2, 0) is 11.3 Å². The predicted octanol–water partition coefficient (Wildman–Crippen LogP) is 2.47. The van der Waals surface area contributed by atoms with E-state index in [2.05, 4.69) is 32.5 Å². The molecule has 1 unspecified atom stereocenters. The summed E-state index contributed by atoms with van der Waals surface area (Å²) in [6.07, 6.45) is 6.14. The summed E-state index contributed by atoms with van der Waals surface area (Å²) in [7, 11) is 0. The molecule has 1 aromatic rings. The third-order valence-electron chi connectivity index (χ3n) is 2.87. The lowest BCUT2D eigenvalue weighted by Gasteiger charge is -2.16. The molecule has 21 heavy (non-hydrogen) atoms. The van der Waals surface area contributed by atoms with Gasteiger partial charge in [-0.2, -0.15) is 0 Å². The summed E-state index contributed by atoms with van der Waals surface area (Å²) in [5.74, 6) is 3.17. The highest BCUT2D eigenvalue weighted by molar-refractivity contribution is 9.10. The Bertz CT molecular complexity index is 511. The van der Waals surface area contributed by atoms with Crippen LogP contribution in [0.1, 0.15) is 25.8 Å². The van der Waals surface area contributed by atoms with Crippen molar-refractivity contribution < 1.29 is 9.53 Å². The third-order valence-corrected chi connectivity index (χ3v) is 3.37. The molecule has 0 saturated carbocycles. The SMILES string of the molecule is C#CCOc1ccc(Br)cc1CNC(C)C(=O)NCCC. The first-order valence-electron chi connectivity index (χ1n) is 6.94. The fourth-order valence-electron chi connectivity index (χ4n) is 1.70. The van der Waals surface area contributed by atoms with Crippen LogP contribution in [0.4, 0.5) is 0 Å². The minimum Gasteiger partial charge on any atom is -0.481 e. The van der Waals surface area contributed by atoms with Gasteiger partial charge in [-0.1, -0.05) is 28.8 Å². The summed E-state index contributed by atoms with van der Waals surface area (Å²) in [5, 5.41) is 6.05. The number of benzene rings is 1. The normalized spacial score (nSPS) is 11.5. The highest BCUT2D eigenvalue weighted by atomic mass is 79.9. The van der Waals surface area contributed by atoms with Gasteiger partial charge in [0.25, 0.3) is 0 Å². The van der Waals surface area contributed by atoms with Crippen LogP contribution in [0.25, 0.3) is 0 Å². The summed E-state index contributed by atoms with van der Waals surface area (Å²) in [5.41, 5.74) is 0.953. The Morgan fingerprint density at radius 3 is 2.95 bits per heavy atom. The molecule has 2 N–H and O–H groups in total. The predicted molar refractivity (Wildman–Crippen MR) is 88.1 cm³/mol. The van der Waals surface area contributed by atoms with Crippen LogP contribution in [0, 0.1) is 12.3 Å². The number of nitrogens with one attached hydrogen (secondary N) is 2. The van der Waals surface area contributed by atoms with E-state index in [9.17, 15) is 4.79 Å². The van der Waals surface area contributed by atoms with Crippen LogP contribution in [0.2, 0.25) is 0 Å². The Morgan fingerprint density at radius 1 is 1.52 bits per heavy atom. The third kappa shape index (κ3) is 6.19. The molecule has 0 bridgehead atoms. The van der Waals surface area contributed by atoms with E-state index in [1.165, 1.54) is 0 Å². The molecule has 0 aliphatic heterocycles. The van der Waals surface area contributed by atoms with Crippen LogP contribution in [0.3, 0.4) is 0 Å². The number of carbonyl (C=O) groups is 1. The molecule has 5 heteroatoms. The number of rotatable bonds is 8. The lowest BCUT2D eigenvalue weighted by Crippen LogP contribution is -2.42. The standard InChI is InChI=1S/C16H21BrN2O2/c1-4-8-18-16(20)12(3)19-11-13-10-14(17)6-7-15(13)21-9-5-2/h2,6-7,10,12,19H,4,8-9,11H2,1,3H3,(H,18,20). The van der Waals surface area contributed by atoms with Crippen molar-refractivity contribution in [2.24, 2.45) is 0 Å². The molecule has 4 nitrogen and oxygen atoms in total. The van der Waals surface area contributed by atoms with Crippen LogP contribution in [0.5, 0.6) is 5.75 Å². The molecule has 114 valence electrons. The Hall–Kier alpha value is -1.51. The minimum atomic E-state index is -0.268. The fourth-order valence-corrected chi connectivity index (χ4v) is 2.11. The minimum absolute atomic E-state index is 0.00191. The van der Waals surface area contributed by atoms with E-state index in [4.69, 9.17) is 11.2 Å². The van der Waals surface area contributed by atoms with Gasteiger partial charge in [-0.3, -0.25) is 4.79 Å². The first-order valence-corrected chi connectivity index (χ1v) is 7.73. The van der Waals surface area contributed by atoms with Gasteiger partial charge in [0.1, 0.15) is 12.4 Å². The Balaban J connectivity index is 2.63. The average molecular weight is 353 g/mol. The van der Waals surface area contributed by atoms with Crippen LogP contribution in [-0.4, -0.2) is 25.1 Å². The van der Waals surface area contributed by atoms with E-state index in [-0.39, 0.29) is 18.6 Å². The molecule has 0 aliphatic carbocycles. The quantitative estimate of drug-likeness (QED) is 0.706. The maximum absolute atomic E-state index is 11.8. The smallest absolute Gasteiger partial charge is 0.236 e. The number of hydrogen-bond donors (Lipinski definition) is 2. The molecular formula is C16H21BrN2O2. The van der Waals surface area contributed by atoms with E-state index < -0.39 is 0 Å². The Kier molecular flexibility index (Phi) is 7.88. The molecular weight excluding hydrogens is 332 g/mol. The first-order chi connectivity index (χ1) is 10.1. The number of ether oxygens (including phenoxy) is 1. The maximum atomic E-state index is 11.8. The molecule has 1 aromatic carbocycles. The van der Waals surface area contributed by atoms with E-state index in [1.807, 2.05) is 32.0 Å². The lowest BCUT2D eigenvalue weighted by atomic mass is 10.2. The topological polar surface area (TPSA) is 50.4 Å².